The van der Waals surface area contributed by atoms with Crippen LogP contribution in [0.15, 0.2) is 30.3 Å². The lowest BCUT2D eigenvalue weighted by atomic mass is 9.84. The molecule has 0 aromatic heterocycles. The van der Waals surface area contributed by atoms with E-state index in [1.165, 1.54) is 17.5 Å². The van der Waals surface area contributed by atoms with E-state index < -0.39 is 0 Å². The molecule has 2 aromatic rings. The molecule has 0 saturated heterocycles. The molecule has 0 saturated carbocycles. The van der Waals surface area contributed by atoms with Crippen LogP contribution in [-0.2, 0) is 12.8 Å². The van der Waals surface area contributed by atoms with E-state index in [1.54, 1.807) is 18.2 Å². The number of phenols is 2. The third-order valence-electron chi connectivity index (χ3n) is 3.84. The number of nitrogens with two attached hydrogens (primary N) is 1. The molecule has 0 fully saturated rings. The molecule has 0 radical (unpaired) electrons. The topological polar surface area (TPSA) is 66.5 Å². The zero-order chi connectivity index (χ0) is 13.4. The van der Waals surface area contributed by atoms with E-state index in [-0.39, 0.29) is 11.5 Å². The number of aryl methyl sites for hydroxylation is 1. The number of aromatic hydroxyl groups is 2. The third kappa shape index (κ3) is 1.91. The Balaban J connectivity index is 2.30. The lowest BCUT2D eigenvalue weighted by Crippen LogP contribution is -2.06. The molecule has 2 aromatic carbocycles. The van der Waals surface area contributed by atoms with E-state index in [0.29, 0.717) is 11.3 Å². The first-order valence-electron chi connectivity index (χ1n) is 6.60. The predicted molar refractivity (Wildman–Crippen MR) is 76.3 cm³/mol. The molecule has 0 heterocycles. The van der Waals surface area contributed by atoms with Gasteiger partial charge in [-0.05, 0) is 55.0 Å². The van der Waals surface area contributed by atoms with Crippen molar-refractivity contribution in [2.24, 2.45) is 0 Å². The highest BCUT2D eigenvalue weighted by molar-refractivity contribution is 5.87. The van der Waals surface area contributed by atoms with Crippen molar-refractivity contribution in [2.75, 3.05) is 5.73 Å². The molecule has 0 aliphatic heterocycles. The van der Waals surface area contributed by atoms with Gasteiger partial charge >= 0.3 is 0 Å². The van der Waals surface area contributed by atoms with Crippen molar-refractivity contribution in [3.05, 3.63) is 41.5 Å². The Kier molecular flexibility index (Phi) is 2.82. The van der Waals surface area contributed by atoms with Crippen LogP contribution < -0.4 is 5.73 Å². The minimum absolute atomic E-state index is 0.0747. The van der Waals surface area contributed by atoms with Gasteiger partial charge in [-0.2, -0.15) is 0 Å². The molecule has 0 amide bonds. The van der Waals surface area contributed by atoms with Crippen LogP contribution in [0.2, 0.25) is 0 Å². The molecule has 0 spiro atoms. The van der Waals surface area contributed by atoms with Gasteiger partial charge in [0.1, 0.15) is 11.5 Å². The van der Waals surface area contributed by atoms with Crippen molar-refractivity contribution in [1.82, 2.24) is 0 Å². The normalized spacial score (nSPS) is 14.1. The summed E-state index contributed by atoms with van der Waals surface area (Å²) in [5, 5.41) is 20.1. The smallest absolute Gasteiger partial charge is 0.127 e. The molecule has 0 atom stereocenters. The molecule has 1 aliphatic carbocycles. The van der Waals surface area contributed by atoms with Crippen LogP contribution >= 0.6 is 0 Å². The fraction of sp³-hybridized carbons (Fsp3) is 0.250. The zero-order valence-corrected chi connectivity index (χ0v) is 10.7. The van der Waals surface area contributed by atoms with Gasteiger partial charge in [0.25, 0.3) is 0 Å². The van der Waals surface area contributed by atoms with Gasteiger partial charge in [0.2, 0.25) is 0 Å². The van der Waals surface area contributed by atoms with Crippen LogP contribution in [0.5, 0.6) is 11.5 Å². The average molecular weight is 255 g/mol. The van der Waals surface area contributed by atoms with Crippen LogP contribution in [0, 0.1) is 0 Å². The van der Waals surface area contributed by atoms with Gasteiger partial charge in [-0.15, -0.1) is 0 Å². The first-order valence-corrected chi connectivity index (χ1v) is 6.60. The van der Waals surface area contributed by atoms with Gasteiger partial charge in [-0.3, -0.25) is 0 Å². The number of hydrogen-bond acceptors (Lipinski definition) is 3. The molecule has 4 N–H and O–H groups in total. The second kappa shape index (κ2) is 4.50. The molecular weight excluding hydrogens is 238 g/mol. The first-order chi connectivity index (χ1) is 9.18. The molecule has 3 nitrogen and oxygen atoms in total. The minimum Gasteiger partial charge on any atom is -0.507 e. The van der Waals surface area contributed by atoms with Crippen LogP contribution in [0.1, 0.15) is 24.0 Å². The summed E-state index contributed by atoms with van der Waals surface area (Å²) >= 11 is 0. The standard InChI is InChI=1S/C16H17NO2/c17-12-9-8-10-4-1-2-5-11(10)15(12)16-13(18)6-3-7-14(16)19/h3,6-9,18-19H,1-2,4-5,17H2. The Hall–Kier alpha value is -2.16. The molecule has 0 unspecified atom stereocenters. The Morgan fingerprint density at radius 2 is 1.53 bits per heavy atom. The third-order valence-corrected chi connectivity index (χ3v) is 3.84. The number of hydrogen-bond donors (Lipinski definition) is 3. The van der Waals surface area contributed by atoms with Crippen molar-refractivity contribution in [3.63, 3.8) is 0 Å². The second-order valence-corrected chi connectivity index (χ2v) is 5.05. The molecule has 3 rings (SSSR count). The second-order valence-electron chi connectivity index (χ2n) is 5.05. The van der Waals surface area contributed by atoms with Gasteiger partial charge in [0.05, 0.1) is 5.56 Å². The van der Waals surface area contributed by atoms with Crippen molar-refractivity contribution >= 4 is 5.69 Å². The van der Waals surface area contributed by atoms with Crippen molar-refractivity contribution < 1.29 is 10.2 Å². The van der Waals surface area contributed by atoms with Crippen LogP contribution in [0.25, 0.3) is 11.1 Å². The fourth-order valence-corrected chi connectivity index (χ4v) is 2.93. The summed E-state index contributed by atoms with van der Waals surface area (Å²) in [6, 6.07) is 8.71. The van der Waals surface area contributed by atoms with Gasteiger partial charge in [-0.1, -0.05) is 12.1 Å². The highest BCUT2D eigenvalue weighted by atomic mass is 16.3. The highest BCUT2D eigenvalue weighted by Gasteiger charge is 2.20. The zero-order valence-electron chi connectivity index (χ0n) is 10.7. The summed E-state index contributed by atoms with van der Waals surface area (Å²) in [5.41, 5.74) is 10.4. The molecule has 0 bridgehead atoms. The highest BCUT2D eigenvalue weighted by Crippen LogP contribution is 2.44. The fourth-order valence-electron chi connectivity index (χ4n) is 2.93. The maximum absolute atomic E-state index is 10.1. The Bertz CT molecular complexity index is 615. The molecule has 98 valence electrons. The number of phenolic OH excluding ortho intramolecular Hbond substituents is 2. The Morgan fingerprint density at radius 3 is 2.26 bits per heavy atom. The number of benzene rings is 2. The van der Waals surface area contributed by atoms with E-state index in [1.807, 2.05) is 6.07 Å². The maximum atomic E-state index is 10.1. The number of fused-ring (bicyclic) bond motifs is 1. The van der Waals surface area contributed by atoms with E-state index >= 15 is 0 Å². The van der Waals surface area contributed by atoms with Crippen molar-refractivity contribution in [2.45, 2.75) is 25.7 Å². The van der Waals surface area contributed by atoms with Crippen LogP contribution in [-0.4, -0.2) is 10.2 Å². The largest absolute Gasteiger partial charge is 0.507 e. The quantitative estimate of drug-likeness (QED) is 0.685. The Labute approximate surface area is 112 Å². The average Bonchev–Trinajstić information content (AvgIpc) is 2.41. The SMILES string of the molecule is Nc1ccc2c(c1-c1c(O)cccc1O)CCCC2. The van der Waals surface area contributed by atoms with E-state index in [0.717, 1.165) is 24.8 Å². The summed E-state index contributed by atoms with van der Waals surface area (Å²) in [6.07, 6.45) is 4.29. The predicted octanol–water partition coefficient (Wildman–Crippen LogP) is 3.23. The van der Waals surface area contributed by atoms with Crippen LogP contribution in [0.3, 0.4) is 0 Å². The Morgan fingerprint density at radius 1 is 0.842 bits per heavy atom. The summed E-state index contributed by atoms with van der Waals surface area (Å²) in [6.45, 7) is 0. The summed E-state index contributed by atoms with van der Waals surface area (Å²) in [7, 11) is 0. The van der Waals surface area contributed by atoms with Crippen molar-refractivity contribution in [1.29, 1.82) is 0 Å². The lowest BCUT2D eigenvalue weighted by Gasteiger charge is -2.22. The van der Waals surface area contributed by atoms with Gasteiger partial charge in [0.15, 0.2) is 0 Å². The van der Waals surface area contributed by atoms with E-state index in [2.05, 4.69) is 6.07 Å². The number of anilines is 1. The monoisotopic (exact) mass is 255 g/mol. The summed E-state index contributed by atoms with van der Waals surface area (Å²) < 4.78 is 0. The first kappa shape index (κ1) is 11.9. The van der Waals surface area contributed by atoms with Gasteiger partial charge in [-0.25, -0.2) is 0 Å². The van der Waals surface area contributed by atoms with Gasteiger partial charge < -0.3 is 15.9 Å². The molecule has 3 heteroatoms. The van der Waals surface area contributed by atoms with Crippen LogP contribution in [0.4, 0.5) is 5.69 Å². The number of nitrogen functional groups attached to an aromatic ring is 1. The van der Waals surface area contributed by atoms with E-state index in [4.69, 9.17) is 5.73 Å². The van der Waals surface area contributed by atoms with E-state index in [9.17, 15) is 10.2 Å². The van der Waals surface area contributed by atoms with Crippen molar-refractivity contribution in [3.8, 4) is 22.6 Å². The summed E-state index contributed by atoms with van der Waals surface area (Å²) in [4.78, 5) is 0. The minimum atomic E-state index is 0.0747. The molecule has 1 aliphatic rings. The maximum Gasteiger partial charge on any atom is 0.127 e. The molecular formula is C16H17NO2. The number of rotatable bonds is 1. The molecule has 19 heavy (non-hydrogen) atoms. The summed E-state index contributed by atoms with van der Waals surface area (Å²) in [5.74, 6) is 0.149. The van der Waals surface area contributed by atoms with Gasteiger partial charge in [0, 0.05) is 11.3 Å². The lowest BCUT2D eigenvalue weighted by molar-refractivity contribution is 0.454.